The molecule has 0 aromatic heterocycles. The zero-order valence-corrected chi connectivity index (χ0v) is 13.6. The van der Waals surface area contributed by atoms with Gasteiger partial charge in [0.15, 0.2) is 5.78 Å². The fourth-order valence-corrected chi connectivity index (χ4v) is 3.01. The van der Waals surface area contributed by atoms with Crippen LogP contribution in [0.1, 0.15) is 35.2 Å². The van der Waals surface area contributed by atoms with Crippen LogP contribution in [0.2, 0.25) is 0 Å². The number of rotatable bonds is 6. The monoisotopic (exact) mass is 327 g/mol. The molecule has 1 aliphatic heterocycles. The molecule has 0 unspecified atom stereocenters. The normalized spacial score (nSPS) is 15.2. The van der Waals surface area contributed by atoms with Crippen LogP contribution >= 0.6 is 0 Å². The molecule has 0 bridgehead atoms. The molecule has 3 nitrogen and oxygen atoms in total. The van der Waals surface area contributed by atoms with Crippen molar-refractivity contribution >= 4 is 11.5 Å². The van der Waals surface area contributed by atoms with Gasteiger partial charge < -0.3 is 10.1 Å². The van der Waals surface area contributed by atoms with Crippen molar-refractivity contribution in [3.63, 3.8) is 0 Å². The summed E-state index contributed by atoms with van der Waals surface area (Å²) in [6.07, 6.45) is 3.26. The van der Waals surface area contributed by atoms with Crippen molar-refractivity contribution in [1.82, 2.24) is 0 Å². The lowest BCUT2D eigenvalue weighted by molar-refractivity contribution is 0.0649. The van der Waals surface area contributed by atoms with Crippen molar-refractivity contribution in [1.29, 1.82) is 0 Å². The highest BCUT2D eigenvalue weighted by molar-refractivity contribution is 6.09. The highest BCUT2D eigenvalue weighted by Crippen LogP contribution is 2.21. The number of ketones is 1. The average Bonchev–Trinajstić information content (AvgIpc) is 2.64. The van der Waals surface area contributed by atoms with E-state index in [4.69, 9.17) is 4.74 Å². The molecule has 0 saturated carbocycles. The van der Waals surface area contributed by atoms with Gasteiger partial charge in [-0.3, -0.25) is 4.79 Å². The van der Waals surface area contributed by atoms with Gasteiger partial charge in [-0.25, -0.2) is 4.39 Å². The first kappa shape index (κ1) is 16.7. The predicted molar refractivity (Wildman–Crippen MR) is 92.9 cm³/mol. The molecule has 1 aliphatic rings. The Morgan fingerprint density at radius 2 is 1.88 bits per heavy atom. The average molecular weight is 327 g/mol. The Bertz CT molecular complexity index is 681. The molecular weight excluding hydrogens is 305 g/mol. The van der Waals surface area contributed by atoms with Gasteiger partial charge in [0.25, 0.3) is 0 Å². The van der Waals surface area contributed by atoms with Crippen LogP contribution in [0.15, 0.2) is 48.5 Å². The SMILES string of the molecule is O=C(c1ccccc1)c1cc(NCCC2CCOCC2)ccc1F. The molecule has 3 rings (SSSR count). The van der Waals surface area contributed by atoms with Gasteiger partial charge in [-0.15, -0.1) is 0 Å². The standard InChI is InChI=1S/C20H22FNO2/c21-19-7-6-17(22-11-8-15-9-12-24-13-10-15)14-18(19)20(23)16-4-2-1-3-5-16/h1-7,14-15,22H,8-13H2. The molecule has 0 atom stereocenters. The summed E-state index contributed by atoms with van der Waals surface area (Å²) in [4.78, 5) is 12.5. The van der Waals surface area contributed by atoms with E-state index in [-0.39, 0.29) is 11.3 Å². The zero-order valence-electron chi connectivity index (χ0n) is 13.6. The maximum absolute atomic E-state index is 14.1. The predicted octanol–water partition coefficient (Wildman–Crippen LogP) is 4.29. The topological polar surface area (TPSA) is 38.3 Å². The number of carbonyl (C=O) groups excluding carboxylic acids is 1. The van der Waals surface area contributed by atoms with Crippen molar-refractivity contribution in [2.24, 2.45) is 5.92 Å². The molecular formula is C20H22FNO2. The number of anilines is 1. The van der Waals surface area contributed by atoms with E-state index in [1.807, 2.05) is 6.07 Å². The maximum Gasteiger partial charge on any atom is 0.196 e. The van der Waals surface area contributed by atoms with Crippen LogP contribution in [0.5, 0.6) is 0 Å². The lowest BCUT2D eigenvalue weighted by Crippen LogP contribution is -2.18. The van der Waals surface area contributed by atoms with Crippen LogP contribution in [0.3, 0.4) is 0 Å². The molecule has 1 fully saturated rings. The largest absolute Gasteiger partial charge is 0.385 e. The second-order valence-electron chi connectivity index (χ2n) is 6.16. The van der Waals surface area contributed by atoms with E-state index in [9.17, 15) is 9.18 Å². The molecule has 1 saturated heterocycles. The van der Waals surface area contributed by atoms with Crippen LogP contribution in [-0.2, 0) is 4.74 Å². The van der Waals surface area contributed by atoms with E-state index < -0.39 is 5.82 Å². The quantitative estimate of drug-likeness (QED) is 0.805. The van der Waals surface area contributed by atoms with Crippen molar-refractivity contribution in [3.8, 4) is 0 Å². The molecule has 24 heavy (non-hydrogen) atoms. The van der Waals surface area contributed by atoms with Crippen molar-refractivity contribution in [2.75, 3.05) is 25.1 Å². The fourth-order valence-electron chi connectivity index (χ4n) is 3.01. The van der Waals surface area contributed by atoms with Crippen molar-refractivity contribution < 1.29 is 13.9 Å². The molecule has 0 spiro atoms. The van der Waals surface area contributed by atoms with E-state index in [1.54, 1.807) is 36.4 Å². The minimum absolute atomic E-state index is 0.109. The van der Waals surface area contributed by atoms with Gasteiger partial charge in [0.2, 0.25) is 0 Å². The Hall–Kier alpha value is -2.20. The van der Waals surface area contributed by atoms with Crippen molar-refractivity contribution in [3.05, 3.63) is 65.5 Å². The van der Waals surface area contributed by atoms with Gasteiger partial charge in [-0.2, -0.15) is 0 Å². The molecule has 1 heterocycles. The van der Waals surface area contributed by atoms with E-state index in [2.05, 4.69) is 5.32 Å². The summed E-state index contributed by atoms with van der Waals surface area (Å²) >= 11 is 0. The van der Waals surface area contributed by atoms with E-state index in [0.717, 1.165) is 44.7 Å². The van der Waals surface area contributed by atoms with Crippen molar-refractivity contribution in [2.45, 2.75) is 19.3 Å². The lowest BCUT2D eigenvalue weighted by Gasteiger charge is -2.22. The minimum atomic E-state index is -0.487. The van der Waals surface area contributed by atoms with Crippen LogP contribution in [0.4, 0.5) is 10.1 Å². The summed E-state index contributed by atoms with van der Waals surface area (Å²) in [6.45, 7) is 2.50. The van der Waals surface area contributed by atoms with E-state index in [1.165, 1.54) is 6.07 Å². The smallest absolute Gasteiger partial charge is 0.196 e. The molecule has 2 aromatic rings. The Morgan fingerprint density at radius 3 is 2.62 bits per heavy atom. The summed E-state index contributed by atoms with van der Waals surface area (Å²) in [6, 6.07) is 13.4. The number of nitrogens with one attached hydrogen (secondary N) is 1. The Labute approximate surface area is 141 Å². The molecule has 4 heteroatoms. The second kappa shape index (κ2) is 8.06. The molecule has 2 aromatic carbocycles. The summed E-state index contributed by atoms with van der Waals surface area (Å²) in [7, 11) is 0. The van der Waals surface area contributed by atoms with Gasteiger partial charge in [0.1, 0.15) is 5.82 Å². The van der Waals surface area contributed by atoms with E-state index in [0.29, 0.717) is 11.5 Å². The first-order valence-corrected chi connectivity index (χ1v) is 8.45. The molecule has 0 radical (unpaired) electrons. The summed E-state index contributed by atoms with van der Waals surface area (Å²) in [5.74, 6) is -0.0999. The van der Waals surface area contributed by atoms with Gasteiger partial charge in [-0.1, -0.05) is 30.3 Å². The van der Waals surface area contributed by atoms with Crippen LogP contribution in [0, 0.1) is 11.7 Å². The van der Waals surface area contributed by atoms with E-state index >= 15 is 0 Å². The Balaban J connectivity index is 1.64. The second-order valence-corrected chi connectivity index (χ2v) is 6.16. The number of benzene rings is 2. The summed E-state index contributed by atoms with van der Waals surface area (Å²) in [5.41, 5.74) is 1.38. The third-order valence-corrected chi connectivity index (χ3v) is 4.47. The van der Waals surface area contributed by atoms with Crippen LogP contribution in [0.25, 0.3) is 0 Å². The number of halogens is 1. The number of hydrogen-bond donors (Lipinski definition) is 1. The number of ether oxygens (including phenoxy) is 1. The van der Waals surface area contributed by atoms with Gasteiger partial charge in [-0.05, 0) is 43.4 Å². The molecule has 0 aliphatic carbocycles. The third kappa shape index (κ3) is 4.20. The van der Waals surface area contributed by atoms with Gasteiger partial charge >= 0.3 is 0 Å². The molecule has 1 N–H and O–H groups in total. The fraction of sp³-hybridized carbons (Fsp3) is 0.350. The number of hydrogen-bond acceptors (Lipinski definition) is 3. The third-order valence-electron chi connectivity index (χ3n) is 4.47. The Kier molecular flexibility index (Phi) is 5.59. The zero-order chi connectivity index (χ0) is 16.8. The van der Waals surface area contributed by atoms with Gasteiger partial charge in [0.05, 0.1) is 5.56 Å². The lowest BCUT2D eigenvalue weighted by atomic mass is 9.96. The summed E-state index contributed by atoms with van der Waals surface area (Å²) < 4.78 is 19.4. The van der Waals surface area contributed by atoms with Crippen LogP contribution in [-0.4, -0.2) is 25.5 Å². The highest BCUT2D eigenvalue weighted by Gasteiger charge is 2.15. The maximum atomic E-state index is 14.1. The van der Waals surface area contributed by atoms with Gasteiger partial charge in [0, 0.05) is 31.0 Å². The highest BCUT2D eigenvalue weighted by atomic mass is 19.1. The first-order chi connectivity index (χ1) is 11.7. The number of carbonyl (C=O) groups is 1. The minimum Gasteiger partial charge on any atom is -0.385 e. The van der Waals surface area contributed by atoms with Crippen LogP contribution < -0.4 is 5.32 Å². The molecule has 0 amide bonds. The molecule has 126 valence electrons. The Morgan fingerprint density at radius 1 is 1.12 bits per heavy atom. The summed E-state index contributed by atoms with van der Waals surface area (Å²) in [5, 5.41) is 3.31. The first-order valence-electron chi connectivity index (χ1n) is 8.45.